The minimum Gasteiger partial charge on any atom is -0.370 e. The highest BCUT2D eigenvalue weighted by Gasteiger charge is 2.13. The number of hydrogen-bond acceptors (Lipinski definition) is 2. The van der Waals surface area contributed by atoms with E-state index in [-0.39, 0.29) is 17.5 Å². The van der Waals surface area contributed by atoms with Crippen LogP contribution < -0.4 is 11.1 Å². The van der Waals surface area contributed by atoms with Gasteiger partial charge in [-0.25, -0.2) is 4.39 Å². The first kappa shape index (κ1) is 11.9. The van der Waals surface area contributed by atoms with Crippen molar-refractivity contribution >= 4 is 17.5 Å². The van der Waals surface area contributed by atoms with E-state index in [1.807, 2.05) is 0 Å². The minimum atomic E-state index is -0.477. The van der Waals surface area contributed by atoms with Crippen molar-refractivity contribution in [1.82, 2.24) is 5.32 Å². The number of primary amides is 1. The largest absolute Gasteiger partial charge is 0.370 e. The third-order valence-electron chi connectivity index (χ3n) is 2.10. The molecule has 1 rings (SSSR count). The Kier molecular flexibility index (Phi) is 4.05. The quantitative estimate of drug-likeness (QED) is 0.826. The molecule has 3 nitrogen and oxygen atoms in total. The Morgan fingerprint density at radius 2 is 2.33 bits per heavy atom. The van der Waals surface area contributed by atoms with Crippen molar-refractivity contribution in [3.8, 4) is 0 Å². The van der Waals surface area contributed by atoms with Gasteiger partial charge in [-0.05, 0) is 24.7 Å². The van der Waals surface area contributed by atoms with Crippen LogP contribution in [0.2, 0.25) is 5.02 Å². The van der Waals surface area contributed by atoms with E-state index in [1.165, 1.54) is 12.1 Å². The molecule has 1 aromatic rings. The fourth-order valence-corrected chi connectivity index (χ4v) is 1.51. The van der Waals surface area contributed by atoms with E-state index in [0.29, 0.717) is 0 Å². The van der Waals surface area contributed by atoms with Gasteiger partial charge in [-0.15, -0.1) is 0 Å². The van der Waals surface area contributed by atoms with Crippen LogP contribution in [0.3, 0.4) is 0 Å². The third-order valence-corrected chi connectivity index (χ3v) is 2.39. The van der Waals surface area contributed by atoms with E-state index in [2.05, 4.69) is 5.32 Å². The van der Waals surface area contributed by atoms with E-state index in [1.54, 1.807) is 13.1 Å². The lowest BCUT2D eigenvalue weighted by molar-refractivity contribution is -0.118. The molecule has 0 radical (unpaired) electrons. The van der Waals surface area contributed by atoms with E-state index < -0.39 is 11.7 Å². The highest BCUT2D eigenvalue weighted by Crippen LogP contribution is 2.22. The smallest absolute Gasteiger partial charge is 0.219 e. The average molecular weight is 231 g/mol. The first-order valence-electron chi connectivity index (χ1n) is 4.45. The summed E-state index contributed by atoms with van der Waals surface area (Å²) in [7, 11) is 1.70. The molecular formula is C10H12ClFN2O. The maximum absolute atomic E-state index is 12.9. The van der Waals surface area contributed by atoms with Gasteiger partial charge in [0.25, 0.3) is 0 Å². The Morgan fingerprint density at radius 1 is 1.67 bits per heavy atom. The molecule has 3 N–H and O–H groups in total. The van der Waals surface area contributed by atoms with Crippen molar-refractivity contribution in [3.05, 3.63) is 34.6 Å². The van der Waals surface area contributed by atoms with E-state index in [0.717, 1.165) is 5.56 Å². The zero-order valence-electron chi connectivity index (χ0n) is 8.26. The molecule has 5 heteroatoms. The number of halogens is 2. The maximum atomic E-state index is 12.9. The van der Waals surface area contributed by atoms with E-state index in [9.17, 15) is 9.18 Å². The third kappa shape index (κ3) is 3.18. The molecule has 0 saturated carbocycles. The number of benzene rings is 1. The van der Waals surface area contributed by atoms with Crippen molar-refractivity contribution < 1.29 is 9.18 Å². The molecule has 0 saturated heterocycles. The second kappa shape index (κ2) is 5.09. The number of hydrogen-bond donors (Lipinski definition) is 2. The van der Waals surface area contributed by atoms with Gasteiger partial charge in [0.1, 0.15) is 5.82 Å². The number of rotatable bonds is 4. The molecule has 1 unspecified atom stereocenters. The van der Waals surface area contributed by atoms with Crippen molar-refractivity contribution in [3.63, 3.8) is 0 Å². The summed E-state index contributed by atoms with van der Waals surface area (Å²) in [5.74, 6) is -0.899. The van der Waals surface area contributed by atoms with Crippen LogP contribution in [0.5, 0.6) is 0 Å². The lowest BCUT2D eigenvalue weighted by Gasteiger charge is -2.14. The van der Waals surface area contributed by atoms with Gasteiger partial charge >= 0.3 is 0 Å². The van der Waals surface area contributed by atoms with Gasteiger partial charge in [-0.2, -0.15) is 0 Å². The van der Waals surface area contributed by atoms with Gasteiger partial charge in [0, 0.05) is 12.5 Å². The summed E-state index contributed by atoms with van der Waals surface area (Å²) >= 11 is 5.63. The van der Waals surface area contributed by atoms with Crippen molar-refractivity contribution in [2.75, 3.05) is 7.05 Å². The van der Waals surface area contributed by atoms with E-state index >= 15 is 0 Å². The Hall–Kier alpha value is -1.13. The van der Waals surface area contributed by atoms with Gasteiger partial charge in [0.05, 0.1) is 5.02 Å². The molecule has 0 bridgehead atoms. The van der Waals surface area contributed by atoms with Crippen molar-refractivity contribution in [2.24, 2.45) is 5.73 Å². The Labute approximate surface area is 92.4 Å². The predicted molar refractivity (Wildman–Crippen MR) is 57.0 cm³/mol. The number of nitrogens with one attached hydrogen (secondary N) is 1. The standard InChI is InChI=1S/C10H12ClFN2O/c1-14-9(5-10(13)15)6-2-3-8(12)7(11)4-6/h2-4,9,14H,5H2,1H3,(H2,13,15). The summed E-state index contributed by atoms with van der Waals surface area (Å²) in [6.07, 6.45) is 0.151. The van der Waals surface area contributed by atoms with Gasteiger partial charge in [-0.3, -0.25) is 4.79 Å². The maximum Gasteiger partial charge on any atom is 0.219 e. The highest BCUT2D eigenvalue weighted by atomic mass is 35.5. The van der Waals surface area contributed by atoms with Crippen LogP contribution in [-0.4, -0.2) is 13.0 Å². The van der Waals surface area contributed by atoms with Crippen LogP contribution in [0.4, 0.5) is 4.39 Å². The molecule has 0 aliphatic heterocycles. The van der Waals surface area contributed by atoms with Gasteiger partial charge in [-0.1, -0.05) is 17.7 Å². The summed E-state index contributed by atoms with van der Waals surface area (Å²) in [6.45, 7) is 0. The van der Waals surface area contributed by atoms with Gasteiger partial charge in [0.2, 0.25) is 5.91 Å². The molecule has 82 valence electrons. The second-order valence-corrected chi connectivity index (χ2v) is 3.59. The highest BCUT2D eigenvalue weighted by molar-refractivity contribution is 6.30. The molecule has 0 aliphatic rings. The number of carbonyl (C=O) groups is 1. The number of amides is 1. The zero-order valence-corrected chi connectivity index (χ0v) is 9.01. The van der Waals surface area contributed by atoms with Crippen LogP contribution >= 0.6 is 11.6 Å². The molecule has 15 heavy (non-hydrogen) atoms. The van der Waals surface area contributed by atoms with E-state index in [4.69, 9.17) is 17.3 Å². The minimum absolute atomic E-state index is 0.0391. The summed E-state index contributed by atoms with van der Waals surface area (Å²) in [5.41, 5.74) is 5.83. The zero-order chi connectivity index (χ0) is 11.4. The van der Waals surface area contributed by atoms with Gasteiger partial charge in [0.15, 0.2) is 0 Å². The lowest BCUT2D eigenvalue weighted by atomic mass is 10.0. The van der Waals surface area contributed by atoms with Crippen LogP contribution in [0, 0.1) is 5.82 Å². The van der Waals surface area contributed by atoms with Crippen LogP contribution in [0.15, 0.2) is 18.2 Å². The fraction of sp³-hybridized carbons (Fsp3) is 0.300. The predicted octanol–water partition coefficient (Wildman–Crippen LogP) is 1.61. The summed E-state index contributed by atoms with van der Waals surface area (Å²) in [4.78, 5) is 10.8. The molecule has 1 amide bonds. The topological polar surface area (TPSA) is 55.1 Å². The molecule has 0 heterocycles. The lowest BCUT2D eigenvalue weighted by Crippen LogP contribution is -2.23. The monoisotopic (exact) mass is 230 g/mol. The summed E-state index contributed by atoms with van der Waals surface area (Å²) < 4.78 is 12.9. The molecule has 0 spiro atoms. The number of carbonyl (C=O) groups excluding carboxylic acids is 1. The summed E-state index contributed by atoms with van der Waals surface area (Å²) in [6, 6.07) is 4.09. The van der Waals surface area contributed by atoms with Crippen molar-refractivity contribution in [1.29, 1.82) is 0 Å². The van der Waals surface area contributed by atoms with Crippen LogP contribution in [0.1, 0.15) is 18.0 Å². The van der Waals surface area contributed by atoms with Crippen LogP contribution in [-0.2, 0) is 4.79 Å². The fourth-order valence-electron chi connectivity index (χ4n) is 1.32. The van der Waals surface area contributed by atoms with Crippen molar-refractivity contribution in [2.45, 2.75) is 12.5 Å². The number of nitrogens with two attached hydrogens (primary N) is 1. The first-order chi connectivity index (χ1) is 7.04. The van der Waals surface area contributed by atoms with Crippen LogP contribution in [0.25, 0.3) is 0 Å². The molecular weight excluding hydrogens is 219 g/mol. The molecule has 1 atom stereocenters. The Morgan fingerprint density at radius 3 is 2.80 bits per heavy atom. The van der Waals surface area contributed by atoms with Gasteiger partial charge < -0.3 is 11.1 Å². The molecule has 0 fully saturated rings. The molecule has 0 aromatic heterocycles. The first-order valence-corrected chi connectivity index (χ1v) is 4.83. The normalized spacial score (nSPS) is 12.5. The molecule has 0 aliphatic carbocycles. The molecule has 1 aromatic carbocycles. The average Bonchev–Trinajstić information content (AvgIpc) is 2.18. The SMILES string of the molecule is CNC(CC(N)=O)c1ccc(F)c(Cl)c1. The Bertz CT molecular complexity index is 370. The Balaban J connectivity index is 2.92. The summed E-state index contributed by atoms with van der Waals surface area (Å²) in [5, 5.41) is 2.95. The second-order valence-electron chi connectivity index (χ2n) is 3.19.